The first kappa shape index (κ1) is 30.7. The molecule has 4 aliphatic carbocycles. The standard InChI is InChI=1S/C34H52N2O4S/c1-4-14-30(35-24-26-15-8-5-9-16-26)32(37)40-31-23-27-21-22-34(31,33(27,2)3)25-41(38,39)36(28-17-10-6-11-18-28)29-19-12-7-13-20-29/h4-5,8-9,15-16,27-31,35H,1,6-7,10-14,17-25H2,2-3H3/t27-,30-,31-,34-/m1/s1. The van der Waals surface area contributed by atoms with Crippen molar-refractivity contribution in [2.24, 2.45) is 16.7 Å². The highest BCUT2D eigenvalue weighted by atomic mass is 32.2. The lowest BCUT2D eigenvalue weighted by atomic mass is 9.69. The number of fused-ring (bicyclic) bond motifs is 2. The molecule has 6 nitrogen and oxygen atoms in total. The summed E-state index contributed by atoms with van der Waals surface area (Å²) >= 11 is 0. The number of benzene rings is 1. The zero-order valence-corrected chi connectivity index (χ0v) is 26.2. The summed E-state index contributed by atoms with van der Waals surface area (Å²) in [6.45, 7) is 8.89. The van der Waals surface area contributed by atoms with Crippen LogP contribution >= 0.6 is 0 Å². The maximum absolute atomic E-state index is 14.6. The summed E-state index contributed by atoms with van der Waals surface area (Å²) in [7, 11) is -3.56. The predicted molar refractivity (Wildman–Crippen MR) is 165 cm³/mol. The lowest BCUT2D eigenvalue weighted by Crippen LogP contribution is -2.55. The van der Waals surface area contributed by atoms with Crippen LogP contribution in [-0.4, -0.2) is 48.7 Å². The fourth-order valence-corrected chi connectivity index (χ4v) is 11.7. The third-order valence-electron chi connectivity index (χ3n) is 11.3. The van der Waals surface area contributed by atoms with Crippen molar-refractivity contribution in [3.63, 3.8) is 0 Å². The molecule has 1 aromatic rings. The third kappa shape index (κ3) is 6.33. The number of ether oxygens (including phenoxy) is 1. The molecule has 4 saturated carbocycles. The monoisotopic (exact) mass is 584 g/mol. The Morgan fingerprint density at radius 3 is 2.20 bits per heavy atom. The van der Waals surface area contributed by atoms with Crippen molar-refractivity contribution >= 4 is 16.0 Å². The van der Waals surface area contributed by atoms with Crippen LogP contribution in [0.15, 0.2) is 43.0 Å². The molecular formula is C34H52N2O4S. The molecule has 0 radical (unpaired) electrons. The van der Waals surface area contributed by atoms with Crippen molar-refractivity contribution in [1.82, 2.24) is 9.62 Å². The van der Waals surface area contributed by atoms with E-state index in [1.54, 1.807) is 6.08 Å². The van der Waals surface area contributed by atoms with E-state index in [0.717, 1.165) is 76.2 Å². The van der Waals surface area contributed by atoms with E-state index < -0.39 is 21.5 Å². The quantitative estimate of drug-likeness (QED) is 0.217. The summed E-state index contributed by atoms with van der Waals surface area (Å²) < 4.78 is 37.7. The molecule has 5 rings (SSSR count). The van der Waals surface area contributed by atoms with Gasteiger partial charge in [-0.3, -0.25) is 4.79 Å². The van der Waals surface area contributed by atoms with Crippen LogP contribution in [0, 0.1) is 16.7 Å². The van der Waals surface area contributed by atoms with E-state index in [1.165, 1.54) is 12.8 Å². The van der Waals surface area contributed by atoms with Gasteiger partial charge in [0.25, 0.3) is 0 Å². The van der Waals surface area contributed by atoms with E-state index in [0.29, 0.717) is 18.9 Å². The summed E-state index contributed by atoms with van der Waals surface area (Å²) in [6, 6.07) is 9.76. The zero-order valence-electron chi connectivity index (χ0n) is 25.4. The normalized spacial score (nSPS) is 29.4. The number of hydrogen-bond acceptors (Lipinski definition) is 5. The number of nitrogens with zero attached hydrogens (tertiary/aromatic N) is 1. The molecule has 0 aliphatic heterocycles. The number of carbonyl (C=O) groups is 1. The Hall–Kier alpha value is -1.70. The van der Waals surface area contributed by atoms with Gasteiger partial charge in [0.2, 0.25) is 10.0 Å². The van der Waals surface area contributed by atoms with Gasteiger partial charge in [0.1, 0.15) is 12.1 Å². The minimum atomic E-state index is -3.56. The molecule has 0 unspecified atom stereocenters. The number of rotatable bonds is 12. The van der Waals surface area contributed by atoms with Gasteiger partial charge in [0, 0.05) is 24.0 Å². The van der Waals surface area contributed by atoms with Gasteiger partial charge in [-0.2, -0.15) is 4.31 Å². The Morgan fingerprint density at radius 1 is 1.02 bits per heavy atom. The largest absolute Gasteiger partial charge is 0.461 e. The first-order valence-electron chi connectivity index (χ1n) is 16.3. The highest BCUT2D eigenvalue weighted by Crippen LogP contribution is 2.67. The number of esters is 1. The van der Waals surface area contributed by atoms with E-state index >= 15 is 0 Å². The average Bonchev–Trinajstić information content (AvgIpc) is 3.31. The Morgan fingerprint density at radius 2 is 1.63 bits per heavy atom. The first-order chi connectivity index (χ1) is 19.7. The van der Waals surface area contributed by atoms with E-state index in [1.807, 2.05) is 34.6 Å². The highest BCUT2D eigenvalue weighted by molar-refractivity contribution is 7.89. The highest BCUT2D eigenvalue weighted by Gasteiger charge is 2.67. The lowest BCUT2D eigenvalue weighted by molar-refractivity contribution is -0.159. The van der Waals surface area contributed by atoms with Gasteiger partial charge >= 0.3 is 5.97 Å². The summed E-state index contributed by atoms with van der Waals surface area (Å²) in [6.07, 6.45) is 15.2. The topological polar surface area (TPSA) is 75.7 Å². The predicted octanol–water partition coefficient (Wildman–Crippen LogP) is 6.76. The van der Waals surface area contributed by atoms with Gasteiger partial charge in [-0.15, -0.1) is 6.58 Å². The molecule has 2 bridgehead atoms. The molecule has 41 heavy (non-hydrogen) atoms. The van der Waals surface area contributed by atoms with Gasteiger partial charge < -0.3 is 10.1 Å². The fourth-order valence-electron chi connectivity index (χ4n) is 8.82. The number of carbonyl (C=O) groups excluding carboxylic acids is 1. The fraction of sp³-hybridized carbons (Fsp3) is 0.735. The molecule has 4 atom stereocenters. The molecule has 0 saturated heterocycles. The molecule has 1 N–H and O–H groups in total. The second-order valence-electron chi connectivity index (χ2n) is 13.9. The molecule has 0 amide bonds. The summed E-state index contributed by atoms with van der Waals surface area (Å²) in [5.74, 6) is 0.170. The summed E-state index contributed by atoms with van der Waals surface area (Å²) in [5, 5.41) is 3.37. The minimum Gasteiger partial charge on any atom is -0.461 e. The second kappa shape index (κ2) is 12.9. The molecule has 1 aromatic carbocycles. The smallest absolute Gasteiger partial charge is 0.323 e. The van der Waals surface area contributed by atoms with E-state index in [-0.39, 0.29) is 35.3 Å². The van der Waals surface area contributed by atoms with Crippen molar-refractivity contribution in [1.29, 1.82) is 0 Å². The van der Waals surface area contributed by atoms with Gasteiger partial charge in [-0.1, -0.05) is 88.8 Å². The van der Waals surface area contributed by atoms with E-state index in [9.17, 15) is 13.2 Å². The Labute approximate surface area is 248 Å². The minimum absolute atomic E-state index is 0.0953. The maximum atomic E-state index is 14.6. The van der Waals surface area contributed by atoms with Crippen LogP contribution < -0.4 is 5.32 Å². The molecule has 228 valence electrons. The SMILES string of the molecule is C=CC[C@@H](NCc1ccccc1)C(=O)O[C@@H]1C[C@H]2CC[C@]1(CS(=O)(=O)N(C1CCCCC1)C1CCCCC1)C2(C)C. The van der Waals surface area contributed by atoms with E-state index in [2.05, 4.69) is 25.7 Å². The average molecular weight is 585 g/mol. The van der Waals surface area contributed by atoms with Gasteiger partial charge in [-0.05, 0) is 68.3 Å². The zero-order chi connectivity index (χ0) is 29.1. The Balaban J connectivity index is 1.37. The molecule has 0 spiro atoms. The van der Waals surface area contributed by atoms with Crippen LogP contribution in [0.1, 0.15) is 109 Å². The van der Waals surface area contributed by atoms with Crippen molar-refractivity contribution in [3.8, 4) is 0 Å². The van der Waals surface area contributed by atoms with Crippen LogP contribution in [-0.2, 0) is 26.1 Å². The maximum Gasteiger partial charge on any atom is 0.323 e. The molecule has 0 heterocycles. The van der Waals surface area contributed by atoms with Crippen molar-refractivity contribution in [2.75, 3.05) is 5.75 Å². The van der Waals surface area contributed by atoms with Gasteiger partial charge in [0.05, 0.1) is 5.75 Å². The number of hydrogen-bond donors (Lipinski definition) is 1. The molecule has 0 aromatic heterocycles. The second-order valence-corrected chi connectivity index (χ2v) is 15.8. The van der Waals surface area contributed by atoms with Crippen molar-refractivity contribution in [3.05, 3.63) is 48.6 Å². The Kier molecular flexibility index (Phi) is 9.67. The van der Waals surface area contributed by atoms with Crippen LogP contribution in [0.25, 0.3) is 0 Å². The Bertz CT molecular complexity index is 1120. The summed E-state index contributed by atoms with van der Waals surface area (Å²) in [4.78, 5) is 13.6. The van der Waals surface area contributed by atoms with Crippen molar-refractivity contribution in [2.45, 2.75) is 135 Å². The molecule has 4 aliphatic rings. The van der Waals surface area contributed by atoms with Gasteiger partial charge in [-0.25, -0.2) is 8.42 Å². The van der Waals surface area contributed by atoms with Crippen LogP contribution in [0.5, 0.6) is 0 Å². The number of nitrogens with one attached hydrogen (secondary N) is 1. The van der Waals surface area contributed by atoms with Crippen LogP contribution in [0.3, 0.4) is 0 Å². The van der Waals surface area contributed by atoms with Crippen molar-refractivity contribution < 1.29 is 17.9 Å². The third-order valence-corrected chi connectivity index (χ3v) is 13.4. The molecule has 4 fully saturated rings. The van der Waals surface area contributed by atoms with Crippen LogP contribution in [0.2, 0.25) is 0 Å². The van der Waals surface area contributed by atoms with Gasteiger partial charge in [0.15, 0.2) is 0 Å². The van der Waals surface area contributed by atoms with Crippen LogP contribution in [0.4, 0.5) is 0 Å². The molecular weight excluding hydrogens is 532 g/mol. The first-order valence-corrected chi connectivity index (χ1v) is 17.9. The number of sulfonamides is 1. The lowest BCUT2D eigenvalue weighted by Gasteiger charge is -2.46. The molecule has 7 heteroatoms. The summed E-state index contributed by atoms with van der Waals surface area (Å²) in [5.41, 5.74) is 0.330. The van der Waals surface area contributed by atoms with E-state index in [4.69, 9.17) is 4.74 Å².